The monoisotopic (exact) mass is 274 g/mol. The third-order valence-electron chi connectivity index (χ3n) is 1.93. The number of rotatable bonds is 6. The van der Waals surface area contributed by atoms with Crippen molar-refractivity contribution in [1.82, 2.24) is 0 Å². The molecule has 1 aromatic carbocycles. The van der Waals surface area contributed by atoms with E-state index in [-0.39, 0.29) is 6.61 Å². The van der Waals surface area contributed by atoms with Gasteiger partial charge in [-0.3, -0.25) is 0 Å². The van der Waals surface area contributed by atoms with Gasteiger partial charge >= 0.3 is 0 Å². The molecule has 84 valence electrons. The van der Waals surface area contributed by atoms with Crippen LogP contribution in [0, 0.1) is 0 Å². The Morgan fingerprint density at radius 1 is 1.33 bits per heavy atom. The molecule has 0 heterocycles. The van der Waals surface area contributed by atoms with Gasteiger partial charge in [0.15, 0.2) is 0 Å². The van der Waals surface area contributed by atoms with Crippen molar-refractivity contribution >= 4 is 15.9 Å². The van der Waals surface area contributed by atoms with Gasteiger partial charge in [0, 0.05) is 20.1 Å². The smallest absolute Gasteiger partial charge is 0.133 e. The highest BCUT2D eigenvalue weighted by Gasteiger charge is 2.02. The van der Waals surface area contributed by atoms with Gasteiger partial charge in [0.1, 0.15) is 5.75 Å². The first-order valence-electron chi connectivity index (χ1n) is 4.79. The van der Waals surface area contributed by atoms with Crippen LogP contribution in [-0.2, 0) is 11.3 Å². The van der Waals surface area contributed by atoms with E-state index in [2.05, 4.69) is 15.9 Å². The summed E-state index contributed by atoms with van der Waals surface area (Å²) in [5.74, 6) is 0.762. The molecule has 4 heteroatoms. The van der Waals surface area contributed by atoms with E-state index in [1.165, 1.54) is 0 Å². The zero-order chi connectivity index (χ0) is 11.1. The van der Waals surface area contributed by atoms with Crippen LogP contribution in [0.4, 0.5) is 0 Å². The van der Waals surface area contributed by atoms with E-state index >= 15 is 0 Å². The minimum absolute atomic E-state index is 0.0295. The highest BCUT2D eigenvalue weighted by molar-refractivity contribution is 9.10. The fraction of sp³-hybridized carbons (Fsp3) is 0.455. The summed E-state index contributed by atoms with van der Waals surface area (Å²) in [5, 5.41) is 8.97. The summed E-state index contributed by atoms with van der Waals surface area (Å²) in [6, 6.07) is 5.56. The van der Waals surface area contributed by atoms with Crippen molar-refractivity contribution in [2.75, 3.05) is 20.3 Å². The lowest BCUT2D eigenvalue weighted by Crippen LogP contribution is -2.02. The van der Waals surface area contributed by atoms with Crippen LogP contribution in [0.2, 0.25) is 0 Å². The van der Waals surface area contributed by atoms with Gasteiger partial charge in [-0.1, -0.05) is 6.07 Å². The summed E-state index contributed by atoms with van der Waals surface area (Å²) in [5.41, 5.74) is 0.847. The molecule has 1 aromatic rings. The molecular weight excluding hydrogens is 260 g/mol. The topological polar surface area (TPSA) is 38.7 Å². The number of benzene rings is 1. The average molecular weight is 275 g/mol. The van der Waals surface area contributed by atoms with Crippen LogP contribution in [0.1, 0.15) is 12.0 Å². The summed E-state index contributed by atoms with van der Waals surface area (Å²) in [6.45, 7) is 1.33. The van der Waals surface area contributed by atoms with Crippen LogP contribution < -0.4 is 4.74 Å². The predicted molar refractivity (Wildman–Crippen MR) is 62.1 cm³/mol. The van der Waals surface area contributed by atoms with Crippen LogP contribution in [0.5, 0.6) is 5.75 Å². The number of halogens is 1. The predicted octanol–water partition coefficient (Wildman–Crippen LogP) is 2.36. The summed E-state index contributed by atoms with van der Waals surface area (Å²) in [4.78, 5) is 0. The molecule has 0 aliphatic carbocycles. The Hall–Kier alpha value is -0.580. The van der Waals surface area contributed by atoms with E-state index < -0.39 is 0 Å². The molecule has 0 atom stereocenters. The number of hydrogen-bond acceptors (Lipinski definition) is 3. The van der Waals surface area contributed by atoms with Gasteiger partial charge in [-0.05, 0) is 33.6 Å². The third kappa shape index (κ3) is 4.20. The Bertz CT molecular complexity index is 302. The lowest BCUT2D eigenvalue weighted by atomic mass is 10.2. The van der Waals surface area contributed by atoms with Crippen molar-refractivity contribution in [1.29, 1.82) is 0 Å². The molecule has 0 spiro atoms. The molecule has 1 rings (SSSR count). The van der Waals surface area contributed by atoms with E-state index in [4.69, 9.17) is 14.6 Å². The summed E-state index contributed by atoms with van der Waals surface area (Å²) in [7, 11) is 1.67. The quantitative estimate of drug-likeness (QED) is 0.810. The largest absolute Gasteiger partial charge is 0.492 e. The highest BCUT2D eigenvalue weighted by Crippen LogP contribution is 2.26. The second-order valence-electron chi connectivity index (χ2n) is 3.12. The Labute approximate surface area is 98.1 Å². The fourth-order valence-electron chi connectivity index (χ4n) is 1.14. The Morgan fingerprint density at radius 3 is 2.80 bits per heavy atom. The Morgan fingerprint density at radius 2 is 2.13 bits per heavy atom. The zero-order valence-corrected chi connectivity index (χ0v) is 10.3. The maximum absolute atomic E-state index is 8.97. The molecule has 0 aliphatic rings. The summed E-state index contributed by atoms with van der Waals surface area (Å²) in [6.07, 6.45) is 0.853. The maximum atomic E-state index is 8.97. The van der Waals surface area contributed by atoms with Gasteiger partial charge in [0.25, 0.3) is 0 Å². The summed E-state index contributed by atoms with van der Waals surface area (Å²) >= 11 is 3.39. The van der Waals surface area contributed by atoms with Gasteiger partial charge in [0.05, 0.1) is 17.7 Å². The van der Waals surface area contributed by atoms with Crippen LogP contribution in [0.15, 0.2) is 22.7 Å². The van der Waals surface area contributed by atoms with E-state index in [1.807, 2.05) is 18.2 Å². The van der Waals surface area contributed by atoms with Crippen molar-refractivity contribution in [3.05, 3.63) is 28.2 Å². The minimum Gasteiger partial charge on any atom is -0.492 e. The second kappa shape index (κ2) is 6.82. The van der Waals surface area contributed by atoms with Crippen LogP contribution in [0.25, 0.3) is 0 Å². The van der Waals surface area contributed by atoms with Crippen LogP contribution in [0.3, 0.4) is 0 Å². The Kier molecular flexibility index (Phi) is 5.68. The third-order valence-corrected chi connectivity index (χ3v) is 2.58. The van der Waals surface area contributed by atoms with Crippen molar-refractivity contribution in [3.8, 4) is 5.75 Å². The molecule has 0 radical (unpaired) electrons. The number of methoxy groups -OCH3 is 1. The number of aliphatic hydroxyl groups excluding tert-OH is 1. The number of hydrogen-bond donors (Lipinski definition) is 1. The standard InChI is InChI=1S/C11H15BrO3/c1-14-5-2-6-15-11-7-9(8-13)3-4-10(11)12/h3-4,7,13H,2,5-6,8H2,1H3. The van der Waals surface area contributed by atoms with E-state index in [1.54, 1.807) is 7.11 Å². The van der Waals surface area contributed by atoms with Gasteiger partial charge < -0.3 is 14.6 Å². The SMILES string of the molecule is COCCCOc1cc(CO)ccc1Br. The Balaban J connectivity index is 2.51. The minimum atomic E-state index is 0.0295. The first kappa shape index (κ1) is 12.5. The number of aliphatic hydroxyl groups is 1. The van der Waals surface area contributed by atoms with Gasteiger partial charge in [0.2, 0.25) is 0 Å². The normalized spacial score (nSPS) is 10.3. The molecule has 0 aliphatic heterocycles. The van der Waals surface area contributed by atoms with Gasteiger partial charge in [-0.2, -0.15) is 0 Å². The average Bonchev–Trinajstić information content (AvgIpc) is 2.26. The molecule has 15 heavy (non-hydrogen) atoms. The number of ether oxygens (including phenoxy) is 2. The molecule has 3 nitrogen and oxygen atoms in total. The molecule has 0 saturated heterocycles. The molecule has 0 aromatic heterocycles. The lowest BCUT2D eigenvalue weighted by Gasteiger charge is -2.09. The molecule has 1 N–H and O–H groups in total. The summed E-state index contributed by atoms with van der Waals surface area (Å²) < 4.78 is 11.4. The molecular formula is C11H15BrO3. The van der Waals surface area contributed by atoms with Crippen molar-refractivity contribution in [3.63, 3.8) is 0 Å². The molecule has 0 saturated carbocycles. The van der Waals surface area contributed by atoms with E-state index in [9.17, 15) is 0 Å². The van der Waals surface area contributed by atoms with Gasteiger partial charge in [-0.25, -0.2) is 0 Å². The van der Waals surface area contributed by atoms with Crippen molar-refractivity contribution in [2.24, 2.45) is 0 Å². The lowest BCUT2D eigenvalue weighted by molar-refractivity contribution is 0.172. The first-order valence-corrected chi connectivity index (χ1v) is 5.58. The van der Waals surface area contributed by atoms with E-state index in [0.29, 0.717) is 13.2 Å². The molecule has 0 fully saturated rings. The molecule has 0 amide bonds. The second-order valence-corrected chi connectivity index (χ2v) is 3.97. The van der Waals surface area contributed by atoms with Crippen LogP contribution >= 0.6 is 15.9 Å². The van der Waals surface area contributed by atoms with Crippen LogP contribution in [-0.4, -0.2) is 25.4 Å². The first-order chi connectivity index (χ1) is 7.27. The fourth-order valence-corrected chi connectivity index (χ4v) is 1.50. The van der Waals surface area contributed by atoms with Gasteiger partial charge in [-0.15, -0.1) is 0 Å². The zero-order valence-electron chi connectivity index (χ0n) is 8.70. The van der Waals surface area contributed by atoms with E-state index in [0.717, 1.165) is 22.2 Å². The maximum Gasteiger partial charge on any atom is 0.133 e. The molecule has 0 bridgehead atoms. The molecule has 0 unspecified atom stereocenters. The van der Waals surface area contributed by atoms with Crippen molar-refractivity contribution < 1.29 is 14.6 Å². The van der Waals surface area contributed by atoms with Crippen molar-refractivity contribution in [2.45, 2.75) is 13.0 Å². The highest BCUT2D eigenvalue weighted by atomic mass is 79.9.